The minimum atomic E-state index is 0.581. The average molecular weight is 257 g/mol. The van der Waals surface area contributed by atoms with Gasteiger partial charge in [-0.15, -0.1) is 0 Å². The zero-order valence-electron chi connectivity index (χ0n) is 10.3. The average Bonchev–Trinajstić information content (AvgIpc) is 2.34. The van der Waals surface area contributed by atoms with Crippen LogP contribution in [-0.2, 0) is 0 Å². The van der Waals surface area contributed by atoms with Gasteiger partial charge in [-0.2, -0.15) is 5.26 Å². The predicted molar refractivity (Wildman–Crippen MR) is 75.4 cm³/mol. The number of nitrogens with zero attached hydrogens (tertiary/aromatic N) is 1. The van der Waals surface area contributed by atoms with Crippen LogP contribution in [0, 0.1) is 25.2 Å². The number of nitriles is 1. The van der Waals surface area contributed by atoms with Crippen LogP contribution in [0.1, 0.15) is 16.7 Å². The molecule has 18 heavy (non-hydrogen) atoms. The highest BCUT2D eigenvalue weighted by Crippen LogP contribution is 2.25. The number of hydrogen-bond acceptors (Lipinski definition) is 2. The van der Waals surface area contributed by atoms with E-state index >= 15 is 0 Å². The van der Waals surface area contributed by atoms with Crippen LogP contribution in [-0.4, -0.2) is 0 Å². The predicted octanol–water partition coefficient (Wildman–Crippen LogP) is 4.57. The second-order valence-corrected chi connectivity index (χ2v) is 4.66. The first-order valence-electron chi connectivity index (χ1n) is 5.64. The second-order valence-electron chi connectivity index (χ2n) is 4.23. The summed E-state index contributed by atoms with van der Waals surface area (Å²) in [4.78, 5) is 0. The molecule has 0 fully saturated rings. The number of benzene rings is 2. The Morgan fingerprint density at radius 3 is 2.50 bits per heavy atom. The van der Waals surface area contributed by atoms with E-state index in [9.17, 15) is 0 Å². The second kappa shape index (κ2) is 5.12. The highest BCUT2D eigenvalue weighted by molar-refractivity contribution is 6.30. The van der Waals surface area contributed by atoms with E-state index in [0.29, 0.717) is 10.6 Å². The van der Waals surface area contributed by atoms with Gasteiger partial charge in [-0.25, -0.2) is 0 Å². The van der Waals surface area contributed by atoms with Gasteiger partial charge in [-0.3, -0.25) is 0 Å². The van der Waals surface area contributed by atoms with Gasteiger partial charge in [0.2, 0.25) is 0 Å². The molecule has 0 spiro atoms. The monoisotopic (exact) mass is 256 g/mol. The maximum atomic E-state index is 9.05. The van der Waals surface area contributed by atoms with Crippen molar-refractivity contribution in [2.75, 3.05) is 5.32 Å². The molecule has 0 unspecified atom stereocenters. The maximum Gasteiger partial charge on any atom is 0.101 e. The number of anilines is 2. The van der Waals surface area contributed by atoms with E-state index in [0.717, 1.165) is 11.4 Å². The van der Waals surface area contributed by atoms with E-state index in [4.69, 9.17) is 16.9 Å². The Hall–Kier alpha value is -1.98. The van der Waals surface area contributed by atoms with Crippen LogP contribution in [0.2, 0.25) is 5.02 Å². The first kappa shape index (κ1) is 12.5. The molecular weight excluding hydrogens is 244 g/mol. The molecule has 0 radical (unpaired) electrons. The molecule has 0 aliphatic heterocycles. The Labute approximate surface area is 112 Å². The summed E-state index contributed by atoms with van der Waals surface area (Å²) in [5.74, 6) is 0. The van der Waals surface area contributed by atoms with E-state index in [1.807, 2.05) is 12.1 Å². The van der Waals surface area contributed by atoms with Crippen molar-refractivity contribution in [1.82, 2.24) is 0 Å². The van der Waals surface area contributed by atoms with E-state index in [1.54, 1.807) is 18.2 Å². The van der Waals surface area contributed by atoms with Gasteiger partial charge in [0.05, 0.1) is 11.3 Å². The Balaban J connectivity index is 2.36. The van der Waals surface area contributed by atoms with Crippen LogP contribution in [0.5, 0.6) is 0 Å². The first-order valence-corrected chi connectivity index (χ1v) is 6.02. The Morgan fingerprint density at radius 2 is 1.83 bits per heavy atom. The van der Waals surface area contributed by atoms with Crippen LogP contribution < -0.4 is 5.32 Å². The SMILES string of the molecule is Cc1ccc(Nc2cc(Cl)ccc2C#N)cc1C. The van der Waals surface area contributed by atoms with Crippen molar-refractivity contribution in [3.63, 3.8) is 0 Å². The largest absolute Gasteiger partial charge is 0.354 e. The molecule has 0 saturated heterocycles. The number of nitrogens with one attached hydrogen (secondary N) is 1. The molecule has 2 aromatic carbocycles. The molecule has 0 heterocycles. The van der Waals surface area contributed by atoms with E-state index in [1.165, 1.54) is 11.1 Å². The molecule has 0 bridgehead atoms. The summed E-state index contributed by atoms with van der Waals surface area (Å²) in [6.45, 7) is 4.13. The molecule has 2 nitrogen and oxygen atoms in total. The minimum absolute atomic E-state index is 0.581. The lowest BCUT2D eigenvalue weighted by Crippen LogP contribution is -1.94. The van der Waals surface area contributed by atoms with Gasteiger partial charge >= 0.3 is 0 Å². The van der Waals surface area contributed by atoms with Crippen LogP contribution in [0.25, 0.3) is 0 Å². The van der Waals surface area contributed by atoms with Crippen molar-refractivity contribution in [1.29, 1.82) is 5.26 Å². The van der Waals surface area contributed by atoms with Crippen LogP contribution >= 0.6 is 11.6 Å². The number of halogens is 1. The fourth-order valence-electron chi connectivity index (χ4n) is 1.69. The zero-order valence-corrected chi connectivity index (χ0v) is 11.0. The van der Waals surface area contributed by atoms with Crippen molar-refractivity contribution in [3.8, 4) is 6.07 Å². The third-order valence-corrected chi connectivity index (χ3v) is 3.12. The van der Waals surface area contributed by atoms with E-state index in [-0.39, 0.29) is 0 Å². The lowest BCUT2D eigenvalue weighted by molar-refractivity contribution is 1.33. The smallest absolute Gasteiger partial charge is 0.101 e. The normalized spacial score (nSPS) is 9.89. The molecule has 0 aliphatic carbocycles. The molecule has 0 saturated carbocycles. The number of rotatable bonds is 2. The third-order valence-electron chi connectivity index (χ3n) is 2.89. The molecule has 90 valence electrons. The Kier molecular flexibility index (Phi) is 3.55. The molecule has 2 aromatic rings. The summed E-state index contributed by atoms with van der Waals surface area (Å²) in [6.07, 6.45) is 0. The number of aryl methyl sites for hydroxylation is 2. The van der Waals surface area contributed by atoms with E-state index in [2.05, 4.69) is 31.3 Å². The fourth-order valence-corrected chi connectivity index (χ4v) is 1.86. The fraction of sp³-hybridized carbons (Fsp3) is 0.133. The topological polar surface area (TPSA) is 35.8 Å². The molecule has 0 amide bonds. The van der Waals surface area contributed by atoms with Crippen molar-refractivity contribution < 1.29 is 0 Å². The summed E-state index contributed by atoms with van der Waals surface area (Å²) in [5.41, 5.74) is 4.72. The number of hydrogen-bond donors (Lipinski definition) is 1. The molecule has 0 aliphatic rings. The zero-order chi connectivity index (χ0) is 13.1. The highest BCUT2D eigenvalue weighted by atomic mass is 35.5. The molecule has 1 N–H and O–H groups in total. The quantitative estimate of drug-likeness (QED) is 0.854. The molecule has 3 heteroatoms. The lowest BCUT2D eigenvalue weighted by Gasteiger charge is -2.10. The van der Waals surface area contributed by atoms with Gasteiger partial charge in [-0.05, 0) is 55.3 Å². The Morgan fingerprint density at radius 1 is 1.06 bits per heavy atom. The van der Waals surface area contributed by atoms with E-state index < -0.39 is 0 Å². The van der Waals surface area contributed by atoms with Crippen molar-refractivity contribution in [2.24, 2.45) is 0 Å². The minimum Gasteiger partial charge on any atom is -0.354 e. The Bertz CT molecular complexity index is 627. The lowest BCUT2D eigenvalue weighted by atomic mass is 10.1. The van der Waals surface area contributed by atoms with Gasteiger partial charge < -0.3 is 5.32 Å². The molecule has 0 aromatic heterocycles. The van der Waals surface area contributed by atoms with Crippen molar-refractivity contribution in [3.05, 3.63) is 58.1 Å². The summed E-state index contributed by atoms with van der Waals surface area (Å²) >= 11 is 5.95. The van der Waals surface area contributed by atoms with Crippen molar-refractivity contribution in [2.45, 2.75) is 13.8 Å². The summed E-state index contributed by atoms with van der Waals surface area (Å²) in [7, 11) is 0. The molecule has 2 rings (SSSR count). The summed E-state index contributed by atoms with van der Waals surface area (Å²) in [6, 6.07) is 13.4. The van der Waals surface area contributed by atoms with Crippen molar-refractivity contribution >= 4 is 23.0 Å². The van der Waals surface area contributed by atoms with Gasteiger partial charge in [-0.1, -0.05) is 17.7 Å². The summed E-state index contributed by atoms with van der Waals surface area (Å²) in [5, 5.41) is 12.9. The van der Waals surface area contributed by atoms with Gasteiger partial charge in [0, 0.05) is 10.7 Å². The van der Waals surface area contributed by atoms with Crippen LogP contribution in [0.15, 0.2) is 36.4 Å². The maximum absolute atomic E-state index is 9.05. The standard InChI is InChI=1S/C15H13ClN2/c1-10-3-6-14(7-11(10)2)18-15-8-13(16)5-4-12(15)9-17/h3-8,18H,1-2H3. The summed E-state index contributed by atoms with van der Waals surface area (Å²) < 4.78 is 0. The third kappa shape index (κ3) is 2.64. The van der Waals surface area contributed by atoms with Crippen LogP contribution in [0.4, 0.5) is 11.4 Å². The van der Waals surface area contributed by atoms with Gasteiger partial charge in [0.15, 0.2) is 0 Å². The van der Waals surface area contributed by atoms with Gasteiger partial charge in [0.1, 0.15) is 6.07 Å². The highest BCUT2D eigenvalue weighted by Gasteiger charge is 2.04. The van der Waals surface area contributed by atoms with Gasteiger partial charge in [0.25, 0.3) is 0 Å². The molecular formula is C15H13ClN2. The van der Waals surface area contributed by atoms with Crippen LogP contribution in [0.3, 0.4) is 0 Å². The molecule has 0 atom stereocenters. The first-order chi connectivity index (χ1) is 8.60.